The first-order valence-corrected chi connectivity index (χ1v) is 6.41. The van der Waals surface area contributed by atoms with Crippen LogP contribution in [0.1, 0.15) is 53.9 Å². The number of benzene rings is 1. The maximum absolute atomic E-state index is 6.08. The van der Waals surface area contributed by atoms with Crippen molar-refractivity contribution in [3.05, 3.63) is 34.4 Å². The molecule has 0 radical (unpaired) electrons. The van der Waals surface area contributed by atoms with Crippen molar-refractivity contribution in [1.29, 1.82) is 0 Å². The van der Waals surface area contributed by atoms with Crippen molar-refractivity contribution < 1.29 is 0 Å². The average molecular weight is 217 g/mol. The molecule has 2 atom stereocenters. The zero-order valence-corrected chi connectivity index (χ0v) is 10.7. The number of aryl methyl sites for hydroxylation is 3. The van der Waals surface area contributed by atoms with E-state index < -0.39 is 0 Å². The lowest BCUT2D eigenvalue weighted by Crippen LogP contribution is -2.27. The zero-order chi connectivity index (χ0) is 11.7. The molecule has 16 heavy (non-hydrogen) atoms. The van der Waals surface area contributed by atoms with Gasteiger partial charge in [-0.3, -0.25) is 0 Å². The Bertz CT molecular complexity index is 381. The van der Waals surface area contributed by atoms with Crippen molar-refractivity contribution >= 4 is 0 Å². The van der Waals surface area contributed by atoms with Crippen LogP contribution in [0.15, 0.2) is 12.1 Å². The topological polar surface area (TPSA) is 26.0 Å². The van der Waals surface area contributed by atoms with Crippen LogP contribution in [-0.4, -0.2) is 6.04 Å². The third-order valence-electron chi connectivity index (χ3n) is 4.04. The molecule has 0 aliphatic heterocycles. The van der Waals surface area contributed by atoms with Gasteiger partial charge in [0.15, 0.2) is 0 Å². The van der Waals surface area contributed by atoms with Crippen LogP contribution in [-0.2, 0) is 0 Å². The van der Waals surface area contributed by atoms with Gasteiger partial charge >= 0.3 is 0 Å². The van der Waals surface area contributed by atoms with Crippen LogP contribution in [0.3, 0.4) is 0 Å². The molecule has 1 saturated carbocycles. The third kappa shape index (κ3) is 2.30. The second-order valence-electron chi connectivity index (χ2n) is 5.42. The van der Waals surface area contributed by atoms with E-state index in [4.69, 9.17) is 5.73 Å². The molecule has 2 unspecified atom stereocenters. The molecule has 0 spiro atoms. The fourth-order valence-electron chi connectivity index (χ4n) is 2.93. The molecule has 88 valence electrons. The SMILES string of the molecule is Cc1cc(C)c(C2CCCC(N)C2)cc1C. The standard InChI is InChI=1S/C15H23N/c1-10-7-12(3)15(8-11(10)2)13-5-4-6-14(16)9-13/h7-8,13-14H,4-6,9,16H2,1-3H3. The second kappa shape index (κ2) is 4.58. The van der Waals surface area contributed by atoms with Gasteiger partial charge in [0.25, 0.3) is 0 Å². The lowest BCUT2D eigenvalue weighted by atomic mass is 9.79. The van der Waals surface area contributed by atoms with Crippen LogP contribution in [0.2, 0.25) is 0 Å². The lowest BCUT2D eigenvalue weighted by Gasteiger charge is -2.28. The van der Waals surface area contributed by atoms with Crippen LogP contribution in [0, 0.1) is 20.8 Å². The molecule has 0 bridgehead atoms. The van der Waals surface area contributed by atoms with Gasteiger partial charge in [0.05, 0.1) is 0 Å². The maximum atomic E-state index is 6.08. The van der Waals surface area contributed by atoms with E-state index in [1.165, 1.54) is 42.4 Å². The Hall–Kier alpha value is -0.820. The van der Waals surface area contributed by atoms with Crippen molar-refractivity contribution in [3.8, 4) is 0 Å². The molecule has 1 nitrogen and oxygen atoms in total. The van der Waals surface area contributed by atoms with E-state index in [2.05, 4.69) is 32.9 Å². The molecule has 1 aromatic rings. The average Bonchev–Trinajstić information content (AvgIpc) is 2.23. The molecule has 0 aromatic heterocycles. The lowest BCUT2D eigenvalue weighted by molar-refractivity contribution is 0.392. The minimum atomic E-state index is 0.416. The van der Waals surface area contributed by atoms with Crippen LogP contribution in [0.5, 0.6) is 0 Å². The maximum Gasteiger partial charge on any atom is 0.00446 e. The molecule has 1 fully saturated rings. The number of nitrogens with two attached hydrogens (primary N) is 1. The third-order valence-corrected chi connectivity index (χ3v) is 4.04. The van der Waals surface area contributed by atoms with E-state index in [9.17, 15) is 0 Å². The van der Waals surface area contributed by atoms with Gasteiger partial charge < -0.3 is 5.73 Å². The Morgan fingerprint density at radius 3 is 2.38 bits per heavy atom. The summed E-state index contributed by atoms with van der Waals surface area (Å²) in [6.07, 6.45) is 4.99. The van der Waals surface area contributed by atoms with Gasteiger partial charge in [-0.1, -0.05) is 18.6 Å². The molecule has 1 heteroatoms. The summed E-state index contributed by atoms with van der Waals surface area (Å²) in [5.74, 6) is 0.697. The van der Waals surface area contributed by atoms with E-state index in [1.54, 1.807) is 5.56 Å². The first kappa shape index (κ1) is 11.7. The number of hydrogen-bond acceptors (Lipinski definition) is 1. The summed E-state index contributed by atoms with van der Waals surface area (Å²) in [5.41, 5.74) is 11.9. The summed E-state index contributed by atoms with van der Waals surface area (Å²) in [4.78, 5) is 0. The van der Waals surface area contributed by atoms with Crippen LogP contribution >= 0.6 is 0 Å². The van der Waals surface area contributed by atoms with Crippen LogP contribution in [0.25, 0.3) is 0 Å². The second-order valence-corrected chi connectivity index (χ2v) is 5.42. The highest BCUT2D eigenvalue weighted by molar-refractivity contribution is 5.38. The summed E-state index contributed by atoms with van der Waals surface area (Å²) < 4.78 is 0. The Balaban J connectivity index is 2.29. The van der Waals surface area contributed by atoms with Crippen molar-refractivity contribution in [3.63, 3.8) is 0 Å². The molecular weight excluding hydrogens is 194 g/mol. The molecule has 1 aliphatic carbocycles. The predicted octanol–water partition coefficient (Wildman–Crippen LogP) is 3.60. The van der Waals surface area contributed by atoms with Gasteiger partial charge in [-0.15, -0.1) is 0 Å². The fourth-order valence-corrected chi connectivity index (χ4v) is 2.93. The van der Waals surface area contributed by atoms with Gasteiger partial charge in [-0.25, -0.2) is 0 Å². The van der Waals surface area contributed by atoms with E-state index >= 15 is 0 Å². The molecular formula is C15H23N. The van der Waals surface area contributed by atoms with E-state index in [0.717, 1.165) is 0 Å². The molecule has 0 saturated heterocycles. The molecule has 1 aliphatic rings. The first-order chi connectivity index (χ1) is 7.58. The monoisotopic (exact) mass is 217 g/mol. The van der Waals surface area contributed by atoms with Gasteiger partial charge in [0.2, 0.25) is 0 Å². The highest BCUT2D eigenvalue weighted by Gasteiger charge is 2.22. The summed E-state index contributed by atoms with van der Waals surface area (Å²) in [5, 5.41) is 0. The van der Waals surface area contributed by atoms with E-state index in [0.29, 0.717) is 12.0 Å². The molecule has 0 amide bonds. The van der Waals surface area contributed by atoms with E-state index in [-0.39, 0.29) is 0 Å². The Kier molecular flexibility index (Phi) is 3.34. The van der Waals surface area contributed by atoms with Crippen molar-refractivity contribution in [2.75, 3.05) is 0 Å². The summed E-state index contributed by atoms with van der Waals surface area (Å²) in [7, 11) is 0. The van der Waals surface area contributed by atoms with Gasteiger partial charge in [-0.2, -0.15) is 0 Å². The van der Waals surface area contributed by atoms with Crippen molar-refractivity contribution in [2.24, 2.45) is 5.73 Å². The smallest absolute Gasteiger partial charge is 0.00446 e. The largest absolute Gasteiger partial charge is 0.328 e. The van der Waals surface area contributed by atoms with Gasteiger partial charge in [0.1, 0.15) is 0 Å². The molecule has 1 aromatic carbocycles. The summed E-state index contributed by atoms with van der Waals surface area (Å²) in [6, 6.07) is 5.12. The highest BCUT2D eigenvalue weighted by atomic mass is 14.6. The summed E-state index contributed by atoms with van der Waals surface area (Å²) >= 11 is 0. The zero-order valence-electron chi connectivity index (χ0n) is 10.7. The summed E-state index contributed by atoms with van der Waals surface area (Å²) in [6.45, 7) is 6.64. The molecule has 2 N–H and O–H groups in total. The number of hydrogen-bond donors (Lipinski definition) is 1. The number of rotatable bonds is 1. The van der Waals surface area contributed by atoms with Crippen LogP contribution < -0.4 is 5.73 Å². The molecule has 0 heterocycles. The fraction of sp³-hybridized carbons (Fsp3) is 0.600. The van der Waals surface area contributed by atoms with Crippen molar-refractivity contribution in [2.45, 2.75) is 58.4 Å². The minimum absolute atomic E-state index is 0.416. The van der Waals surface area contributed by atoms with Crippen LogP contribution in [0.4, 0.5) is 0 Å². The normalized spacial score (nSPS) is 25.8. The Morgan fingerprint density at radius 2 is 1.69 bits per heavy atom. The van der Waals surface area contributed by atoms with Gasteiger partial charge in [0, 0.05) is 6.04 Å². The van der Waals surface area contributed by atoms with Crippen molar-refractivity contribution in [1.82, 2.24) is 0 Å². The quantitative estimate of drug-likeness (QED) is 0.764. The Labute approximate surface area is 99.0 Å². The Morgan fingerprint density at radius 1 is 1.00 bits per heavy atom. The first-order valence-electron chi connectivity index (χ1n) is 6.41. The molecule has 2 rings (SSSR count). The highest BCUT2D eigenvalue weighted by Crippen LogP contribution is 2.34. The minimum Gasteiger partial charge on any atom is -0.328 e. The van der Waals surface area contributed by atoms with E-state index in [1.807, 2.05) is 0 Å². The predicted molar refractivity (Wildman–Crippen MR) is 69.8 cm³/mol. The van der Waals surface area contributed by atoms with Gasteiger partial charge in [-0.05, 0) is 68.2 Å².